The van der Waals surface area contributed by atoms with Crippen molar-refractivity contribution in [2.75, 3.05) is 0 Å². The second-order valence-electron chi connectivity index (χ2n) is 4.15. The van der Waals surface area contributed by atoms with Crippen LogP contribution in [0, 0.1) is 0 Å². The molecule has 0 N–H and O–H groups in total. The molecule has 1 aromatic rings. The van der Waals surface area contributed by atoms with Crippen molar-refractivity contribution in [1.29, 1.82) is 0 Å². The molecule has 1 heteroatoms. The maximum atomic E-state index is 2.28. The molecule has 0 saturated heterocycles. The molecule has 0 fully saturated rings. The molecule has 0 nitrogen and oxygen atoms in total. The first-order valence-electron chi connectivity index (χ1n) is 6.50. The van der Waals surface area contributed by atoms with Gasteiger partial charge in [0.15, 0.2) is 0 Å². The van der Waals surface area contributed by atoms with Gasteiger partial charge in [0.05, 0.1) is 0 Å². The van der Waals surface area contributed by atoms with E-state index in [1.54, 1.807) is 14.4 Å². The summed E-state index contributed by atoms with van der Waals surface area (Å²) in [5.41, 5.74) is 0. The molecule has 0 atom stereocenters. The molecule has 0 amide bonds. The van der Waals surface area contributed by atoms with Gasteiger partial charge >= 0.3 is 107 Å². The SMILES string of the molecule is CCCCCCCC[CH2][Ni][c]1ccccc1. The van der Waals surface area contributed by atoms with E-state index < -0.39 is 0 Å². The van der Waals surface area contributed by atoms with Crippen molar-refractivity contribution in [3.8, 4) is 0 Å². The first-order valence-corrected chi connectivity index (χ1v) is 7.69. The van der Waals surface area contributed by atoms with Crippen LogP contribution >= 0.6 is 0 Å². The minimum absolute atomic E-state index is 1.30. The Kier molecular flexibility index (Phi) is 8.53. The standard InChI is InChI=1S/C9H19.C6H5.Ni/c1-3-5-7-9-8-6-4-2;1-2-4-6-5-3-1;/h1,3-9H2,2H3;1-5H;. The Morgan fingerprint density at radius 2 is 1.44 bits per heavy atom. The Bertz CT molecular complexity index is 243. The van der Waals surface area contributed by atoms with Gasteiger partial charge in [-0.15, -0.1) is 0 Å². The van der Waals surface area contributed by atoms with Gasteiger partial charge in [0, 0.05) is 0 Å². The molecule has 1 rings (SSSR count). The van der Waals surface area contributed by atoms with Crippen LogP contribution in [0.5, 0.6) is 0 Å². The Hall–Kier alpha value is -0.286. The van der Waals surface area contributed by atoms with Crippen LogP contribution in [-0.2, 0) is 14.4 Å². The van der Waals surface area contributed by atoms with E-state index in [1.165, 1.54) is 54.9 Å². The monoisotopic (exact) mass is 262 g/mol. The second kappa shape index (κ2) is 9.91. The summed E-state index contributed by atoms with van der Waals surface area (Å²) in [6, 6.07) is 10.8. The van der Waals surface area contributed by atoms with Gasteiger partial charge in [-0.3, -0.25) is 0 Å². The molecular weight excluding hydrogens is 239 g/mol. The van der Waals surface area contributed by atoms with Gasteiger partial charge in [0.2, 0.25) is 0 Å². The summed E-state index contributed by atoms with van der Waals surface area (Å²) in [5, 5.41) is 1.30. The number of benzene rings is 1. The molecule has 0 bridgehead atoms. The van der Waals surface area contributed by atoms with Crippen LogP contribution < -0.4 is 4.53 Å². The Morgan fingerprint density at radius 3 is 2.12 bits per heavy atom. The first kappa shape index (κ1) is 13.8. The molecule has 94 valence electrons. The third kappa shape index (κ3) is 7.06. The van der Waals surface area contributed by atoms with Gasteiger partial charge < -0.3 is 0 Å². The van der Waals surface area contributed by atoms with Crippen LogP contribution in [0.4, 0.5) is 0 Å². The van der Waals surface area contributed by atoms with Crippen molar-refractivity contribution in [2.24, 2.45) is 0 Å². The van der Waals surface area contributed by atoms with E-state index in [2.05, 4.69) is 37.3 Å². The van der Waals surface area contributed by atoms with Crippen LogP contribution in [-0.4, -0.2) is 0 Å². The van der Waals surface area contributed by atoms with Gasteiger partial charge in [-0.2, -0.15) is 0 Å². The van der Waals surface area contributed by atoms with Gasteiger partial charge in [0.25, 0.3) is 0 Å². The quantitative estimate of drug-likeness (QED) is 0.452. The van der Waals surface area contributed by atoms with Crippen molar-refractivity contribution in [1.82, 2.24) is 0 Å². The van der Waals surface area contributed by atoms with Crippen molar-refractivity contribution >= 4 is 4.53 Å². The van der Waals surface area contributed by atoms with Crippen LogP contribution in [0.1, 0.15) is 51.9 Å². The first-order chi connectivity index (χ1) is 7.93. The van der Waals surface area contributed by atoms with Crippen LogP contribution in [0.25, 0.3) is 0 Å². The molecule has 0 aromatic heterocycles. The topological polar surface area (TPSA) is 0 Å². The third-order valence-electron chi connectivity index (χ3n) is 2.64. The fourth-order valence-corrected chi connectivity index (χ4v) is 2.79. The average molecular weight is 263 g/mol. The van der Waals surface area contributed by atoms with E-state index in [0.717, 1.165) is 0 Å². The minimum atomic E-state index is 1.30. The van der Waals surface area contributed by atoms with Crippen LogP contribution in [0.15, 0.2) is 30.3 Å². The van der Waals surface area contributed by atoms with E-state index in [4.69, 9.17) is 0 Å². The summed E-state index contributed by atoms with van der Waals surface area (Å²) >= 11 is 1.81. The Labute approximate surface area is 107 Å². The van der Waals surface area contributed by atoms with Gasteiger partial charge in [-0.05, 0) is 0 Å². The van der Waals surface area contributed by atoms with Crippen molar-refractivity contribution in [2.45, 2.75) is 57.3 Å². The predicted molar refractivity (Wildman–Crippen MR) is 68.9 cm³/mol. The van der Waals surface area contributed by atoms with E-state index in [-0.39, 0.29) is 0 Å². The molecule has 0 radical (unpaired) electrons. The molecule has 0 aliphatic carbocycles. The second-order valence-corrected chi connectivity index (χ2v) is 5.56. The van der Waals surface area contributed by atoms with Gasteiger partial charge in [-0.25, -0.2) is 0 Å². The molecule has 0 aliphatic rings. The van der Waals surface area contributed by atoms with E-state index in [1.807, 2.05) is 0 Å². The summed E-state index contributed by atoms with van der Waals surface area (Å²) < 4.78 is 1.43. The third-order valence-corrected chi connectivity index (χ3v) is 3.96. The summed E-state index contributed by atoms with van der Waals surface area (Å²) in [4.78, 5) is 0. The van der Waals surface area contributed by atoms with Crippen molar-refractivity contribution in [3.05, 3.63) is 30.3 Å². The summed E-state index contributed by atoms with van der Waals surface area (Å²) in [6.07, 6.45) is 9.86. The molecule has 0 spiro atoms. The van der Waals surface area contributed by atoms with Crippen LogP contribution in [0.2, 0.25) is 5.39 Å². The summed E-state index contributed by atoms with van der Waals surface area (Å²) in [6.45, 7) is 2.28. The zero-order valence-corrected chi connectivity index (χ0v) is 11.3. The number of rotatable bonds is 9. The zero-order valence-electron chi connectivity index (χ0n) is 10.4. The number of hydrogen-bond acceptors (Lipinski definition) is 0. The molecular formula is C15H24Ni. The van der Waals surface area contributed by atoms with E-state index in [9.17, 15) is 0 Å². The fourth-order valence-electron chi connectivity index (χ4n) is 1.66. The van der Waals surface area contributed by atoms with E-state index >= 15 is 0 Å². The molecule has 0 saturated carbocycles. The Morgan fingerprint density at radius 1 is 0.812 bits per heavy atom. The average Bonchev–Trinajstić information content (AvgIpc) is 2.34. The molecule has 0 unspecified atom stereocenters. The van der Waals surface area contributed by atoms with Gasteiger partial charge in [0.1, 0.15) is 0 Å². The zero-order chi connectivity index (χ0) is 11.5. The molecule has 0 aliphatic heterocycles. The normalized spacial score (nSPS) is 10.8. The molecule has 1 aromatic carbocycles. The molecule has 16 heavy (non-hydrogen) atoms. The van der Waals surface area contributed by atoms with Crippen molar-refractivity contribution < 1.29 is 14.4 Å². The Balaban J connectivity index is 1.89. The molecule has 0 heterocycles. The number of hydrogen-bond donors (Lipinski definition) is 0. The predicted octanol–water partition coefficient (Wildman–Crippen LogP) is 4.56. The summed E-state index contributed by atoms with van der Waals surface area (Å²) in [7, 11) is 0. The van der Waals surface area contributed by atoms with Gasteiger partial charge in [-0.1, -0.05) is 0 Å². The van der Waals surface area contributed by atoms with Crippen molar-refractivity contribution in [3.63, 3.8) is 0 Å². The van der Waals surface area contributed by atoms with E-state index in [0.29, 0.717) is 0 Å². The maximum absolute atomic E-state index is 2.28. The van der Waals surface area contributed by atoms with Crippen LogP contribution in [0.3, 0.4) is 0 Å². The summed E-state index contributed by atoms with van der Waals surface area (Å²) in [5.74, 6) is 0. The fraction of sp³-hybridized carbons (Fsp3) is 0.600. The number of unbranched alkanes of at least 4 members (excludes halogenated alkanes) is 6.